The second kappa shape index (κ2) is 8.92. The number of aliphatic carboxylic acids is 1. The number of amides is 2. The number of rotatable bonds is 8. The van der Waals surface area contributed by atoms with Crippen LogP contribution in [0, 0.1) is 0 Å². The number of benzene rings is 1. The Labute approximate surface area is 118 Å². The number of urea groups is 1. The van der Waals surface area contributed by atoms with Gasteiger partial charge in [-0.1, -0.05) is 30.3 Å². The third-order valence-electron chi connectivity index (χ3n) is 2.78. The molecular formula is C14H21N3O3. The van der Waals surface area contributed by atoms with Gasteiger partial charge in [-0.15, -0.1) is 0 Å². The molecule has 20 heavy (non-hydrogen) atoms. The average molecular weight is 279 g/mol. The largest absolute Gasteiger partial charge is 0.480 e. The zero-order valence-corrected chi connectivity index (χ0v) is 11.6. The second-order valence-electron chi connectivity index (χ2n) is 4.44. The van der Waals surface area contributed by atoms with Gasteiger partial charge in [0.25, 0.3) is 0 Å². The van der Waals surface area contributed by atoms with Gasteiger partial charge in [0, 0.05) is 13.0 Å². The van der Waals surface area contributed by atoms with Crippen molar-refractivity contribution in [2.24, 2.45) is 0 Å². The van der Waals surface area contributed by atoms with Gasteiger partial charge in [-0.25, -0.2) is 9.59 Å². The quantitative estimate of drug-likeness (QED) is 0.524. The van der Waals surface area contributed by atoms with E-state index in [1.165, 1.54) is 0 Å². The van der Waals surface area contributed by atoms with Crippen molar-refractivity contribution in [1.29, 1.82) is 0 Å². The van der Waals surface area contributed by atoms with E-state index >= 15 is 0 Å². The van der Waals surface area contributed by atoms with E-state index in [0.29, 0.717) is 6.54 Å². The van der Waals surface area contributed by atoms with Gasteiger partial charge in [0.15, 0.2) is 0 Å². The zero-order valence-electron chi connectivity index (χ0n) is 11.6. The predicted molar refractivity (Wildman–Crippen MR) is 76.6 cm³/mol. The number of hydrogen-bond acceptors (Lipinski definition) is 3. The van der Waals surface area contributed by atoms with Crippen LogP contribution in [0.1, 0.15) is 12.0 Å². The number of carbonyl (C=O) groups is 2. The van der Waals surface area contributed by atoms with E-state index in [2.05, 4.69) is 16.0 Å². The molecule has 110 valence electrons. The summed E-state index contributed by atoms with van der Waals surface area (Å²) in [4.78, 5) is 22.8. The Morgan fingerprint density at radius 2 is 1.90 bits per heavy atom. The summed E-state index contributed by atoms with van der Waals surface area (Å²) in [5.41, 5.74) is 0.871. The van der Waals surface area contributed by atoms with Crippen LogP contribution in [0.4, 0.5) is 4.79 Å². The lowest BCUT2D eigenvalue weighted by Crippen LogP contribution is -2.47. The molecule has 0 unspecified atom stereocenters. The van der Waals surface area contributed by atoms with Crippen molar-refractivity contribution < 1.29 is 14.7 Å². The first kappa shape index (κ1) is 16.0. The van der Waals surface area contributed by atoms with Crippen LogP contribution in [0.15, 0.2) is 30.3 Å². The number of carboxylic acids is 1. The van der Waals surface area contributed by atoms with Crippen LogP contribution in [0.25, 0.3) is 0 Å². The third-order valence-corrected chi connectivity index (χ3v) is 2.78. The standard InChI is InChI=1S/C14H21N3O3/c1-15-8-5-9-16-14(20)17-12(13(18)19)10-11-6-3-2-4-7-11/h2-4,6-7,12,15H,5,8-10H2,1H3,(H,18,19)(H2,16,17,20)/t12-/m0/s1. The smallest absolute Gasteiger partial charge is 0.326 e. The maximum atomic E-state index is 11.6. The molecule has 2 amide bonds. The maximum Gasteiger partial charge on any atom is 0.326 e. The molecule has 0 spiro atoms. The molecule has 6 heteroatoms. The molecule has 0 radical (unpaired) electrons. The van der Waals surface area contributed by atoms with Crippen molar-refractivity contribution in [2.45, 2.75) is 18.9 Å². The van der Waals surface area contributed by atoms with E-state index in [9.17, 15) is 9.59 Å². The first-order chi connectivity index (χ1) is 9.63. The van der Waals surface area contributed by atoms with Crippen molar-refractivity contribution in [3.63, 3.8) is 0 Å². The first-order valence-electron chi connectivity index (χ1n) is 6.59. The van der Waals surface area contributed by atoms with Crippen molar-refractivity contribution in [3.05, 3.63) is 35.9 Å². The van der Waals surface area contributed by atoms with Gasteiger partial charge >= 0.3 is 12.0 Å². The van der Waals surface area contributed by atoms with E-state index in [4.69, 9.17) is 5.11 Å². The van der Waals surface area contributed by atoms with Crippen molar-refractivity contribution in [3.8, 4) is 0 Å². The van der Waals surface area contributed by atoms with E-state index in [0.717, 1.165) is 18.5 Å². The highest BCUT2D eigenvalue weighted by atomic mass is 16.4. The summed E-state index contributed by atoms with van der Waals surface area (Å²) in [5, 5.41) is 17.2. The van der Waals surface area contributed by atoms with E-state index in [1.807, 2.05) is 37.4 Å². The fourth-order valence-corrected chi connectivity index (χ4v) is 1.73. The van der Waals surface area contributed by atoms with Gasteiger partial charge < -0.3 is 21.1 Å². The van der Waals surface area contributed by atoms with Crippen LogP contribution in [0.5, 0.6) is 0 Å². The Kier molecular flexibility index (Phi) is 7.13. The normalized spacial score (nSPS) is 11.7. The molecule has 1 aromatic carbocycles. The Bertz CT molecular complexity index is 423. The summed E-state index contributed by atoms with van der Waals surface area (Å²) in [6, 6.07) is 7.83. The van der Waals surface area contributed by atoms with E-state index in [-0.39, 0.29) is 6.42 Å². The third kappa shape index (κ3) is 6.19. The van der Waals surface area contributed by atoms with Crippen LogP contribution >= 0.6 is 0 Å². The molecule has 0 aliphatic carbocycles. The lowest BCUT2D eigenvalue weighted by molar-refractivity contribution is -0.139. The van der Waals surface area contributed by atoms with Gasteiger partial charge in [0.05, 0.1) is 0 Å². The summed E-state index contributed by atoms with van der Waals surface area (Å²) >= 11 is 0. The predicted octanol–water partition coefficient (Wildman–Crippen LogP) is 0.591. The number of hydrogen-bond donors (Lipinski definition) is 4. The highest BCUT2D eigenvalue weighted by molar-refractivity contribution is 5.82. The second-order valence-corrected chi connectivity index (χ2v) is 4.44. The molecular weight excluding hydrogens is 258 g/mol. The minimum absolute atomic E-state index is 0.264. The van der Waals surface area contributed by atoms with Gasteiger partial charge in [-0.3, -0.25) is 0 Å². The molecule has 0 heterocycles. The monoisotopic (exact) mass is 279 g/mol. The maximum absolute atomic E-state index is 11.6. The minimum Gasteiger partial charge on any atom is -0.480 e. The van der Waals surface area contributed by atoms with Crippen LogP contribution < -0.4 is 16.0 Å². The highest BCUT2D eigenvalue weighted by Gasteiger charge is 2.19. The fraction of sp³-hybridized carbons (Fsp3) is 0.429. The van der Waals surface area contributed by atoms with Crippen LogP contribution in [-0.2, 0) is 11.2 Å². The van der Waals surface area contributed by atoms with Gasteiger partial charge in [0.2, 0.25) is 0 Å². The highest BCUT2D eigenvalue weighted by Crippen LogP contribution is 2.03. The van der Waals surface area contributed by atoms with Gasteiger partial charge in [0.1, 0.15) is 6.04 Å². The Morgan fingerprint density at radius 1 is 1.20 bits per heavy atom. The summed E-state index contributed by atoms with van der Waals surface area (Å²) in [6.07, 6.45) is 1.06. The molecule has 0 saturated carbocycles. The number of nitrogens with one attached hydrogen (secondary N) is 3. The Balaban J connectivity index is 2.43. The molecule has 1 rings (SSSR count). The molecule has 0 bridgehead atoms. The molecule has 0 fully saturated rings. The Morgan fingerprint density at radius 3 is 2.50 bits per heavy atom. The van der Waals surface area contributed by atoms with Crippen molar-refractivity contribution in [1.82, 2.24) is 16.0 Å². The topological polar surface area (TPSA) is 90.5 Å². The van der Waals surface area contributed by atoms with Gasteiger partial charge in [-0.2, -0.15) is 0 Å². The van der Waals surface area contributed by atoms with Crippen LogP contribution in [0.3, 0.4) is 0 Å². The SMILES string of the molecule is CNCCCNC(=O)N[C@@H](Cc1ccccc1)C(=O)O. The molecule has 0 saturated heterocycles. The van der Waals surface area contributed by atoms with Crippen molar-refractivity contribution in [2.75, 3.05) is 20.1 Å². The number of carbonyl (C=O) groups excluding carboxylic acids is 1. The zero-order chi connectivity index (χ0) is 14.8. The lowest BCUT2D eigenvalue weighted by atomic mass is 10.1. The minimum atomic E-state index is -1.04. The molecule has 4 N–H and O–H groups in total. The van der Waals surface area contributed by atoms with E-state index < -0.39 is 18.0 Å². The average Bonchev–Trinajstić information content (AvgIpc) is 2.44. The van der Waals surface area contributed by atoms with E-state index in [1.54, 1.807) is 0 Å². The summed E-state index contributed by atoms with van der Waals surface area (Å²) in [7, 11) is 1.83. The Hall–Kier alpha value is -2.08. The molecule has 0 aromatic heterocycles. The summed E-state index contributed by atoms with van der Waals surface area (Å²) in [6.45, 7) is 1.30. The number of carboxylic acid groups (broad SMARTS) is 1. The molecule has 0 aliphatic rings. The lowest BCUT2D eigenvalue weighted by Gasteiger charge is -2.15. The molecule has 1 aromatic rings. The van der Waals surface area contributed by atoms with Crippen LogP contribution in [-0.4, -0.2) is 43.3 Å². The molecule has 0 aliphatic heterocycles. The summed E-state index contributed by atoms with van der Waals surface area (Å²) < 4.78 is 0. The van der Waals surface area contributed by atoms with Crippen LogP contribution in [0.2, 0.25) is 0 Å². The van der Waals surface area contributed by atoms with Crippen molar-refractivity contribution >= 4 is 12.0 Å². The first-order valence-corrected chi connectivity index (χ1v) is 6.59. The molecule has 1 atom stereocenters. The fourth-order valence-electron chi connectivity index (χ4n) is 1.73. The summed E-state index contributed by atoms with van der Waals surface area (Å²) in [5.74, 6) is -1.04. The molecule has 6 nitrogen and oxygen atoms in total. The van der Waals surface area contributed by atoms with Gasteiger partial charge in [-0.05, 0) is 25.6 Å².